The van der Waals surface area contributed by atoms with Crippen LogP contribution in [0.15, 0.2) is 11.6 Å². The third-order valence-corrected chi connectivity index (χ3v) is 15.6. The van der Waals surface area contributed by atoms with Gasteiger partial charge in [-0.15, -0.1) is 0 Å². The molecule has 4 heterocycles. The van der Waals surface area contributed by atoms with E-state index in [9.17, 15) is 30.6 Å². The van der Waals surface area contributed by atoms with Crippen LogP contribution in [0.3, 0.4) is 0 Å². The Balaban J connectivity index is 0.00000420. The van der Waals surface area contributed by atoms with Gasteiger partial charge in [-0.25, -0.2) is 0 Å². The van der Waals surface area contributed by atoms with E-state index in [2.05, 4.69) is 33.8 Å². The number of ether oxygens (including phenoxy) is 6. The van der Waals surface area contributed by atoms with E-state index in [-0.39, 0.29) is 30.5 Å². The lowest BCUT2D eigenvalue weighted by Gasteiger charge is -2.58. The summed E-state index contributed by atoms with van der Waals surface area (Å²) in [4.78, 5) is 0. The standard InChI is InChI=1S/C39H62O12.CH4/c1-18-8-13-39(46-17-18)19(2)28-26(51-39)15-25-23-7-6-21-14-22(9-11-37(21,4)24(23)10-12-38(25,28)5)48-36-33(45)31(43)34(27(16-40)49-36)50-35-32(44)30(42)29(41)20(3)47-35;/h6,18-20,22-36,40-45H,7-17H2,1-5H3;1H4/t18-,19-,20-,22-,23+,24-,25-,26-,27+,28-,29-,30+,31+,32+,33+,34+,35-,36+,37-,38-,39-;/m0./s1. The van der Waals surface area contributed by atoms with E-state index in [1.807, 2.05) is 0 Å². The second-order valence-corrected chi connectivity index (χ2v) is 18.3. The highest BCUT2D eigenvalue weighted by Gasteiger charge is 2.68. The van der Waals surface area contributed by atoms with E-state index in [4.69, 9.17) is 28.4 Å². The topological polar surface area (TPSA) is 177 Å². The Kier molecular flexibility index (Phi) is 10.9. The minimum absolute atomic E-state index is 0. The first kappa shape index (κ1) is 39.5. The van der Waals surface area contributed by atoms with Crippen LogP contribution >= 0.6 is 0 Å². The molecule has 3 saturated carbocycles. The van der Waals surface area contributed by atoms with Crippen LogP contribution < -0.4 is 0 Å². The van der Waals surface area contributed by atoms with Gasteiger partial charge < -0.3 is 59.1 Å². The fourth-order valence-electron chi connectivity index (χ4n) is 12.6. The van der Waals surface area contributed by atoms with E-state index < -0.39 is 73.8 Å². The zero-order valence-corrected chi connectivity index (χ0v) is 30.9. The maximum Gasteiger partial charge on any atom is 0.187 e. The molecule has 298 valence electrons. The van der Waals surface area contributed by atoms with Gasteiger partial charge in [-0.1, -0.05) is 46.8 Å². The third kappa shape index (κ3) is 6.09. The fourth-order valence-corrected chi connectivity index (χ4v) is 12.6. The lowest BCUT2D eigenvalue weighted by molar-refractivity contribution is -0.360. The van der Waals surface area contributed by atoms with Crippen molar-refractivity contribution in [1.82, 2.24) is 0 Å². The van der Waals surface area contributed by atoms with Gasteiger partial charge in [0, 0.05) is 12.3 Å². The molecule has 21 atom stereocenters. The Hall–Kier alpha value is -0.740. The molecule has 52 heavy (non-hydrogen) atoms. The van der Waals surface area contributed by atoms with E-state index in [1.54, 1.807) is 0 Å². The molecule has 4 saturated heterocycles. The monoisotopic (exact) mass is 738 g/mol. The second-order valence-electron chi connectivity index (χ2n) is 18.3. The smallest absolute Gasteiger partial charge is 0.187 e. The molecule has 8 aliphatic rings. The average molecular weight is 739 g/mol. The molecule has 0 bridgehead atoms. The van der Waals surface area contributed by atoms with Crippen molar-refractivity contribution in [3.63, 3.8) is 0 Å². The van der Waals surface area contributed by atoms with Gasteiger partial charge in [-0.2, -0.15) is 0 Å². The molecular weight excluding hydrogens is 672 g/mol. The van der Waals surface area contributed by atoms with Gasteiger partial charge in [0.25, 0.3) is 0 Å². The lowest BCUT2D eigenvalue weighted by Crippen LogP contribution is -2.64. The molecule has 0 unspecified atom stereocenters. The molecule has 8 rings (SSSR count). The Bertz CT molecular complexity index is 1300. The first-order valence-electron chi connectivity index (χ1n) is 19.8. The van der Waals surface area contributed by atoms with Crippen molar-refractivity contribution in [3.8, 4) is 0 Å². The quantitative estimate of drug-likeness (QED) is 0.228. The molecule has 1 spiro atoms. The highest BCUT2D eigenvalue weighted by molar-refractivity contribution is 5.26. The summed E-state index contributed by atoms with van der Waals surface area (Å²) in [6.45, 7) is 11.5. The molecule has 4 aliphatic heterocycles. The SMILES string of the molecule is C.C[C@H]1CC[C@]2(OC1)O[C@H]1C[C@H]3[C@@H]4CC=C5C[C@@H](O[C@@H]6O[C@H](CO)[C@@H](O[C@@H]7O[C@@H](C)[C@H](O)[C@@H](O)[C@H]7O)[C@H](O)[C@H]6O)CC[C@]5(C)[C@H]4CC[C@]3(C)[C@H]1[C@@H]2C. The summed E-state index contributed by atoms with van der Waals surface area (Å²) in [6, 6.07) is 0. The Morgan fingerprint density at radius 2 is 1.56 bits per heavy atom. The van der Waals surface area contributed by atoms with Crippen LogP contribution in [-0.4, -0.2) is 123 Å². The largest absolute Gasteiger partial charge is 0.394 e. The van der Waals surface area contributed by atoms with Crippen molar-refractivity contribution in [1.29, 1.82) is 0 Å². The third-order valence-electron chi connectivity index (χ3n) is 15.6. The van der Waals surface area contributed by atoms with Crippen molar-refractivity contribution < 1.29 is 59.1 Å². The van der Waals surface area contributed by atoms with Crippen LogP contribution in [0.4, 0.5) is 0 Å². The summed E-state index contributed by atoms with van der Waals surface area (Å²) in [5.74, 6) is 2.99. The van der Waals surface area contributed by atoms with Crippen LogP contribution in [-0.2, 0) is 28.4 Å². The number of aliphatic hydroxyl groups excluding tert-OH is 6. The predicted molar refractivity (Wildman–Crippen MR) is 188 cm³/mol. The molecule has 12 nitrogen and oxygen atoms in total. The summed E-state index contributed by atoms with van der Waals surface area (Å²) < 4.78 is 37.1. The number of hydrogen-bond acceptors (Lipinski definition) is 12. The van der Waals surface area contributed by atoms with E-state index in [0.29, 0.717) is 35.5 Å². The minimum atomic E-state index is -1.61. The normalized spacial score (nSPS) is 57.2. The first-order chi connectivity index (χ1) is 24.2. The lowest BCUT2D eigenvalue weighted by atomic mass is 9.47. The number of fused-ring (bicyclic) bond motifs is 7. The number of aliphatic hydroxyl groups is 6. The number of allylic oxidation sites excluding steroid dienone is 1. The molecule has 0 aromatic heterocycles. The molecular formula is C40H66O12. The maximum atomic E-state index is 11.1. The first-order valence-corrected chi connectivity index (χ1v) is 19.8. The van der Waals surface area contributed by atoms with Gasteiger partial charge >= 0.3 is 0 Å². The summed E-state index contributed by atoms with van der Waals surface area (Å²) in [6.07, 6.45) is -1.53. The molecule has 6 N–H and O–H groups in total. The zero-order chi connectivity index (χ0) is 36.2. The maximum absolute atomic E-state index is 11.1. The van der Waals surface area contributed by atoms with Gasteiger partial charge in [0.1, 0.15) is 42.7 Å². The van der Waals surface area contributed by atoms with E-state index >= 15 is 0 Å². The van der Waals surface area contributed by atoms with E-state index in [0.717, 1.165) is 45.1 Å². The Morgan fingerprint density at radius 1 is 0.827 bits per heavy atom. The van der Waals surface area contributed by atoms with Gasteiger partial charge in [0.15, 0.2) is 18.4 Å². The Morgan fingerprint density at radius 3 is 2.27 bits per heavy atom. The summed E-state index contributed by atoms with van der Waals surface area (Å²) >= 11 is 0. The predicted octanol–water partition coefficient (Wildman–Crippen LogP) is 3.03. The number of rotatable bonds is 5. The van der Waals surface area contributed by atoms with Crippen molar-refractivity contribution in [3.05, 3.63) is 11.6 Å². The van der Waals surface area contributed by atoms with Crippen molar-refractivity contribution in [2.45, 2.75) is 179 Å². The van der Waals surface area contributed by atoms with E-state index in [1.165, 1.54) is 31.8 Å². The summed E-state index contributed by atoms with van der Waals surface area (Å²) in [5, 5.41) is 63.1. The van der Waals surface area contributed by atoms with Gasteiger partial charge in [0.2, 0.25) is 0 Å². The van der Waals surface area contributed by atoms with Crippen molar-refractivity contribution in [2.75, 3.05) is 13.2 Å². The molecule has 0 aromatic carbocycles. The Labute approximate surface area is 309 Å². The van der Waals surface area contributed by atoms with Crippen LogP contribution in [0.25, 0.3) is 0 Å². The highest BCUT2D eigenvalue weighted by atomic mass is 16.7. The zero-order valence-electron chi connectivity index (χ0n) is 30.9. The molecule has 0 amide bonds. The summed E-state index contributed by atoms with van der Waals surface area (Å²) in [5.41, 5.74) is 1.75. The fraction of sp³-hybridized carbons (Fsp3) is 0.950. The highest BCUT2D eigenvalue weighted by Crippen LogP contribution is 2.70. The average Bonchev–Trinajstić information content (AvgIpc) is 3.56. The van der Waals surface area contributed by atoms with Crippen molar-refractivity contribution in [2.24, 2.45) is 46.3 Å². The minimum Gasteiger partial charge on any atom is -0.394 e. The summed E-state index contributed by atoms with van der Waals surface area (Å²) in [7, 11) is 0. The molecule has 0 radical (unpaired) electrons. The van der Waals surface area contributed by atoms with Crippen LogP contribution in [0.5, 0.6) is 0 Å². The molecule has 7 fully saturated rings. The van der Waals surface area contributed by atoms with Crippen LogP contribution in [0, 0.1) is 46.3 Å². The molecule has 12 heteroatoms. The van der Waals surface area contributed by atoms with Gasteiger partial charge in [-0.05, 0) is 98.7 Å². The molecule has 4 aliphatic carbocycles. The van der Waals surface area contributed by atoms with Crippen LogP contribution in [0.2, 0.25) is 0 Å². The van der Waals surface area contributed by atoms with Crippen LogP contribution in [0.1, 0.15) is 99.8 Å². The molecule has 0 aromatic rings. The van der Waals surface area contributed by atoms with Gasteiger partial charge in [-0.3, -0.25) is 0 Å². The van der Waals surface area contributed by atoms with Crippen molar-refractivity contribution >= 4 is 0 Å². The number of hydrogen-bond donors (Lipinski definition) is 6. The second kappa shape index (κ2) is 14.3. The van der Waals surface area contributed by atoms with Gasteiger partial charge in [0.05, 0.1) is 31.5 Å².